The van der Waals surface area contributed by atoms with Crippen LogP contribution in [0.1, 0.15) is 37.4 Å². The largest absolute Gasteiger partial charge is 0.282 e. The Kier molecular flexibility index (Phi) is 4.49. The Hall–Kier alpha value is -2.27. The first-order chi connectivity index (χ1) is 12.3. The molecule has 4 nitrogen and oxygen atoms in total. The van der Waals surface area contributed by atoms with E-state index in [4.69, 9.17) is 4.98 Å². The number of aromatic nitrogens is 2. The number of fused-ring (bicyclic) bond motifs is 1. The molecule has 0 aliphatic heterocycles. The summed E-state index contributed by atoms with van der Waals surface area (Å²) in [5, 5.41) is 0.790. The van der Waals surface area contributed by atoms with Crippen molar-refractivity contribution >= 4 is 32.6 Å². The molecule has 1 fully saturated rings. The first-order valence-electron chi connectivity index (χ1n) is 8.86. The van der Waals surface area contributed by atoms with Crippen molar-refractivity contribution in [3.05, 3.63) is 53.9 Å². The van der Waals surface area contributed by atoms with Crippen molar-refractivity contribution in [1.29, 1.82) is 0 Å². The fraction of sp³-hybridized carbons (Fsp3) is 0.350. The number of aryl methyl sites for hydroxylation is 1. The highest BCUT2D eigenvalue weighted by Gasteiger charge is 2.32. The SMILES string of the molecule is CCc1cccc2sc(N(Cc3ccccn3)C(=O)C3CCC3)nc12. The number of hydrogen-bond acceptors (Lipinski definition) is 4. The van der Waals surface area contributed by atoms with E-state index in [-0.39, 0.29) is 11.8 Å². The van der Waals surface area contributed by atoms with Crippen LogP contribution in [0.4, 0.5) is 5.13 Å². The summed E-state index contributed by atoms with van der Waals surface area (Å²) in [6.07, 6.45) is 5.84. The van der Waals surface area contributed by atoms with Crippen molar-refractivity contribution in [2.75, 3.05) is 4.90 Å². The monoisotopic (exact) mass is 351 g/mol. The minimum Gasteiger partial charge on any atom is -0.282 e. The maximum atomic E-state index is 13.0. The van der Waals surface area contributed by atoms with Crippen LogP contribution in [0.3, 0.4) is 0 Å². The lowest BCUT2D eigenvalue weighted by atomic mass is 9.84. The van der Waals surface area contributed by atoms with Crippen LogP contribution < -0.4 is 4.90 Å². The van der Waals surface area contributed by atoms with Gasteiger partial charge in [0.15, 0.2) is 5.13 Å². The van der Waals surface area contributed by atoms with Crippen molar-refractivity contribution in [3.63, 3.8) is 0 Å². The van der Waals surface area contributed by atoms with Gasteiger partial charge in [-0.15, -0.1) is 0 Å². The molecular formula is C20H21N3OS. The van der Waals surface area contributed by atoms with Gasteiger partial charge in [-0.1, -0.05) is 42.9 Å². The van der Waals surface area contributed by atoms with E-state index in [1.165, 1.54) is 5.56 Å². The highest BCUT2D eigenvalue weighted by atomic mass is 32.1. The van der Waals surface area contributed by atoms with Crippen molar-refractivity contribution < 1.29 is 4.79 Å². The first-order valence-corrected chi connectivity index (χ1v) is 9.67. The molecule has 2 aromatic heterocycles. The Morgan fingerprint density at radius 2 is 2.12 bits per heavy atom. The minimum absolute atomic E-state index is 0.140. The molecule has 0 radical (unpaired) electrons. The summed E-state index contributed by atoms with van der Waals surface area (Å²) in [6, 6.07) is 12.1. The molecule has 1 amide bonds. The van der Waals surface area contributed by atoms with E-state index in [0.717, 1.165) is 46.7 Å². The van der Waals surface area contributed by atoms with Gasteiger partial charge < -0.3 is 0 Å². The molecule has 1 aliphatic carbocycles. The standard InChI is InChI=1S/C20H21N3OS/c1-2-14-7-6-11-17-18(14)22-20(25-17)23(19(24)15-8-5-9-15)13-16-10-3-4-12-21-16/h3-4,6-7,10-12,15H,2,5,8-9,13H2,1H3. The molecule has 3 aromatic rings. The maximum absolute atomic E-state index is 13.0. The number of para-hydroxylation sites is 1. The lowest BCUT2D eigenvalue weighted by Gasteiger charge is -2.30. The zero-order valence-corrected chi connectivity index (χ0v) is 15.1. The van der Waals surface area contributed by atoms with Gasteiger partial charge in [-0.05, 0) is 43.0 Å². The number of amides is 1. The molecule has 0 unspecified atom stereocenters. The van der Waals surface area contributed by atoms with Crippen molar-refractivity contribution in [1.82, 2.24) is 9.97 Å². The van der Waals surface area contributed by atoms with Crippen LogP contribution in [0.25, 0.3) is 10.2 Å². The molecule has 128 valence electrons. The highest BCUT2D eigenvalue weighted by molar-refractivity contribution is 7.22. The molecule has 25 heavy (non-hydrogen) atoms. The van der Waals surface area contributed by atoms with Crippen LogP contribution in [0.15, 0.2) is 42.6 Å². The molecule has 0 bridgehead atoms. The fourth-order valence-electron chi connectivity index (χ4n) is 3.16. The second kappa shape index (κ2) is 6.92. The highest BCUT2D eigenvalue weighted by Crippen LogP contribution is 2.35. The van der Waals surface area contributed by atoms with Crippen molar-refractivity contribution in [2.45, 2.75) is 39.2 Å². The number of benzene rings is 1. The van der Waals surface area contributed by atoms with Crippen LogP contribution in [0.5, 0.6) is 0 Å². The normalized spacial score (nSPS) is 14.4. The molecule has 0 spiro atoms. The van der Waals surface area contributed by atoms with Crippen molar-refractivity contribution in [2.24, 2.45) is 5.92 Å². The fourth-order valence-corrected chi connectivity index (χ4v) is 4.18. The predicted octanol–water partition coefficient (Wildman–Crippen LogP) is 4.59. The summed E-state index contributed by atoms with van der Waals surface area (Å²) in [5.41, 5.74) is 3.15. The lowest BCUT2D eigenvalue weighted by molar-refractivity contribution is -0.124. The second-order valence-electron chi connectivity index (χ2n) is 6.49. The lowest BCUT2D eigenvalue weighted by Crippen LogP contribution is -2.38. The topological polar surface area (TPSA) is 46.1 Å². The number of pyridine rings is 1. The van der Waals surface area contributed by atoms with Crippen LogP contribution >= 0.6 is 11.3 Å². The summed E-state index contributed by atoms with van der Waals surface area (Å²) in [6.45, 7) is 2.62. The van der Waals surface area contributed by atoms with Gasteiger partial charge in [0.1, 0.15) is 0 Å². The number of carbonyl (C=O) groups is 1. The summed E-state index contributed by atoms with van der Waals surface area (Å²) in [4.78, 5) is 24.1. The number of carbonyl (C=O) groups excluding carboxylic acids is 1. The molecular weight excluding hydrogens is 330 g/mol. The quantitative estimate of drug-likeness (QED) is 0.675. The van der Waals surface area contributed by atoms with Gasteiger partial charge in [-0.3, -0.25) is 14.7 Å². The summed E-state index contributed by atoms with van der Waals surface area (Å²) < 4.78 is 1.14. The molecule has 1 aliphatic rings. The Balaban J connectivity index is 1.73. The third-order valence-electron chi connectivity index (χ3n) is 4.87. The number of thiazole rings is 1. The zero-order chi connectivity index (χ0) is 17.2. The van der Waals surface area contributed by atoms with Crippen molar-refractivity contribution in [3.8, 4) is 0 Å². The number of nitrogens with zero attached hydrogens (tertiary/aromatic N) is 3. The Morgan fingerprint density at radius 1 is 1.24 bits per heavy atom. The second-order valence-corrected chi connectivity index (χ2v) is 7.50. The molecule has 0 atom stereocenters. The van der Waals surface area contributed by atoms with Crippen LogP contribution in [0, 0.1) is 5.92 Å². The molecule has 1 aromatic carbocycles. The van der Waals surface area contributed by atoms with Gasteiger partial charge in [-0.2, -0.15) is 0 Å². The Labute approximate surface area is 151 Å². The van der Waals surface area contributed by atoms with Crippen LogP contribution in [-0.2, 0) is 17.8 Å². The average Bonchev–Trinajstić information content (AvgIpc) is 3.02. The molecule has 4 rings (SSSR count). The third kappa shape index (κ3) is 3.16. The summed E-state index contributed by atoms with van der Waals surface area (Å²) in [5.74, 6) is 0.329. The van der Waals surface area contributed by atoms with E-state index in [0.29, 0.717) is 6.54 Å². The van der Waals surface area contributed by atoms with E-state index >= 15 is 0 Å². The molecule has 1 saturated carbocycles. The molecule has 2 heterocycles. The van der Waals surface area contributed by atoms with Gasteiger partial charge >= 0.3 is 0 Å². The minimum atomic E-state index is 0.140. The van der Waals surface area contributed by atoms with E-state index < -0.39 is 0 Å². The first kappa shape index (κ1) is 16.2. The van der Waals surface area contributed by atoms with Crippen LogP contribution in [-0.4, -0.2) is 15.9 Å². The smallest absolute Gasteiger partial charge is 0.232 e. The zero-order valence-electron chi connectivity index (χ0n) is 14.3. The number of rotatable bonds is 5. The van der Waals surface area contributed by atoms with Gasteiger partial charge in [0.2, 0.25) is 5.91 Å². The van der Waals surface area contributed by atoms with Gasteiger partial charge in [-0.25, -0.2) is 4.98 Å². The molecule has 0 N–H and O–H groups in total. The summed E-state index contributed by atoms with van der Waals surface area (Å²) >= 11 is 1.60. The van der Waals surface area contributed by atoms with E-state index in [1.807, 2.05) is 23.1 Å². The molecule has 0 saturated heterocycles. The summed E-state index contributed by atoms with van der Waals surface area (Å²) in [7, 11) is 0. The van der Waals surface area contributed by atoms with Gasteiger partial charge in [0.25, 0.3) is 0 Å². The third-order valence-corrected chi connectivity index (χ3v) is 5.91. The van der Waals surface area contributed by atoms with E-state index in [1.54, 1.807) is 17.5 Å². The van der Waals surface area contributed by atoms with Gasteiger partial charge in [0, 0.05) is 12.1 Å². The van der Waals surface area contributed by atoms with Gasteiger partial charge in [0.05, 0.1) is 22.5 Å². The Morgan fingerprint density at radius 3 is 2.80 bits per heavy atom. The van der Waals surface area contributed by atoms with E-state index in [2.05, 4.69) is 30.1 Å². The average molecular weight is 351 g/mol. The predicted molar refractivity (Wildman–Crippen MR) is 102 cm³/mol. The molecule has 5 heteroatoms. The number of hydrogen-bond donors (Lipinski definition) is 0. The van der Waals surface area contributed by atoms with Crippen LogP contribution in [0.2, 0.25) is 0 Å². The maximum Gasteiger partial charge on any atom is 0.232 e. The number of anilines is 1. The Bertz CT molecular complexity index is 886. The van der Waals surface area contributed by atoms with E-state index in [9.17, 15) is 4.79 Å².